The fourth-order valence-corrected chi connectivity index (χ4v) is 5.89. The van der Waals surface area contributed by atoms with Crippen molar-refractivity contribution in [2.24, 2.45) is 0 Å². The van der Waals surface area contributed by atoms with Gasteiger partial charge in [0.1, 0.15) is 0 Å². The van der Waals surface area contributed by atoms with Crippen LogP contribution in [-0.4, -0.2) is 38.5 Å². The molecule has 1 unspecified atom stereocenters. The highest BCUT2D eigenvalue weighted by molar-refractivity contribution is 7.71. The van der Waals surface area contributed by atoms with Gasteiger partial charge in [-0.05, 0) is 20.8 Å². The summed E-state index contributed by atoms with van der Waals surface area (Å²) in [6, 6.07) is 0. The van der Waals surface area contributed by atoms with Crippen LogP contribution in [0.5, 0.6) is 0 Å². The zero-order valence-electron chi connectivity index (χ0n) is 11.5. The van der Waals surface area contributed by atoms with Crippen LogP contribution in [0.15, 0.2) is 0 Å². The van der Waals surface area contributed by atoms with E-state index in [1.807, 2.05) is 0 Å². The molecule has 0 bridgehead atoms. The highest BCUT2D eigenvalue weighted by Gasteiger charge is 2.41. The molecule has 0 saturated heterocycles. The highest BCUT2D eigenvalue weighted by Crippen LogP contribution is 2.64. The number of hydrogen-bond acceptors (Lipinski definition) is 6. The molecule has 0 aliphatic rings. The largest absolute Gasteiger partial charge is 0.412 e. The summed E-state index contributed by atoms with van der Waals surface area (Å²) in [7, 11) is -8.06. The molecule has 0 fully saturated rings. The topological polar surface area (TPSA) is 71.1 Å². The summed E-state index contributed by atoms with van der Waals surface area (Å²) in [6.45, 7) is 2.53. The van der Waals surface area contributed by atoms with Gasteiger partial charge in [-0.1, -0.05) is 0 Å². The van der Waals surface area contributed by atoms with Crippen LogP contribution in [0.3, 0.4) is 0 Å². The van der Waals surface area contributed by atoms with Crippen molar-refractivity contribution >= 4 is 15.2 Å². The average Bonchev–Trinajstić information content (AvgIpc) is 2.26. The van der Waals surface area contributed by atoms with E-state index in [0.29, 0.717) is 0 Å². The smallest absolute Gasteiger partial charge is 0.308 e. The van der Waals surface area contributed by atoms with Gasteiger partial charge in [0.25, 0.3) is 0 Å². The Morgan fingerprint density at radius 3 is 1.45 bits per heavy atom. The first-order valence-electron chi connectivity index (χ1n) is 5.92. The van der Waals surface area contributed by atoms with Crippen molar-refractivity contribution in [2.45, 2.75) is 26.9 Å². The van der Waals surface area contributed by atoms with Crippen LogP contribution < -0.4 is 0 Å². The van der Waals surface area contributed by atoms with E-state index in [-0.39, 0.29) is 19.8 Å². The van der Waals surface area contributed by atoms with Crippen molar-refractivity contribution in [1.82, 2.24) is 0 Å². The minimum absolute atomic E-state index is 0.0112. The Labute approximate surface area is 116 Å². The summed E-state index contributed by atoms with van der Waals surface area (Å²) < 4.78 is 79.4. The zero-order chi connectivity index (χ0) is 15.9. The van der Waals surface area contributed by atoms with Crippen molar-refractivity contribution < 1.29 is 40.4 Å². The van der Waals surface area contributed by atoms with Crippen LogP contribution in [0.4, 0.5) is 13.2 Å². The molecule has 0 heterocycles. The first kappa shape index (κ1) is 20.1. The Kier molecular flexibility index (Phi) is 8.55. The quantitative estimate of drug-likeness (QED) is 0.559. The third-order valence-electron chi connectivity index (χ3n) is 1.75. The van der Waals surface area contributed by atoms with E-state index in [2.05, 4.69) is 4.52 Å². The molecule has 0 spiro atoms. The molecule has 1 atom stereocenters. The molecule has 0 aromatic rings. The Balaban J connectivity index is 4.96. The molecule has 20 heavy (non-hydrogen) atoms. The highest BCUT2D eigenvalue weighted by atomic mass is 31.2. The van der Waals surface area contributed by atoms with Gasteiger partial charge in [-0.2, -0.15) is 13.2 Å². The van der Waals surface area contributed by atoms with Gasteiger partial charge < -0.3 is 13.6 Å². The van der Waals surface area contributed by atoms with E-state index in [1.165, 1.54) is 20.8 Å². The Hall–Kier alpha value is 0.0900. The van der Waals surface area contributed by atoms with E-state index >= 15 is 0 Å². The van der Waals surface area contributed by atoms with Crippen LogP contribution in [0.1, 0.15) is 20.8 Å². The molecule has 0 N–H and O–H groups in total. The third kappa shape index (κ3) is 8.39. The minimum atomic E-state index is -4.67. The predicted molar refractivity (Wildman–Crippen MR) is 67.0 cm³/mol. The van der Waals surface area contributed by atoms with E-state index < -0.39 is 33.9 Å². The molecule has 0 aliphatic heterocycles. The van der Waals surface area contributed by atoms with Gasteiger partial charge in [0, 0.05) is 0 Å². The molecule has 0 aromatic heterocycles. The third-order valence-corrected chi connectivity index (χ3v) is 7.00. The molecule has 0 saturated carbocycles. The number of alkyl halides is 3. The molecule has 11 heteroatoms. The minimum Gasteiger partial charge on any atom is -0.308 e. The van der Waals surface area contributed by atoms with E-state index in [1.54, 1.807) is 0 Å². The fraction of sp³-hybridized carbons (Fsp3) is 1.00. The average molecular weight is 342 g/mol. The zero-order valence-corrected chi connectivity index (χ0v) is 13.3. The molecule has 0 amide bonds. The second-order valence-electron chi connectivity index (χ2n) is 3.51. The van der Waals surface area contributed by atoms with Crippen molar-refractivity contribution in [3.05, 3.63) is 0 Å². The van der Waals surface area contributed by atoms with Gasteiger partial charge in [-0.15, -0.1) is 0 Å². The molecular weight excluding hydrogens is 323 g/mol. The van der Waals surface area contributed by atoms with Crippen LogP contribution >= 0.6 is 15.2 Å². The molecule has 0 radical (unpaired) electrons. The Morgan fingerprint density at radius 2 is 1.15 bits per heavy atom. The maximum atomic E-state index is 12.2. The van der Waals surface area contributed by atoms with Crippen LogP contribution in [0.25, 0.3) is 0 Å². The second-order valence-corrected chi connectivity index (χ2v) is 8.11. The van der Waals surface area contributed by atoms with Crippen molar-refractivity contribution in [1.29, 1.82) is 0 Å². The van der Waals surface area contributed by atoms with Crippen molar-refractivity contribution in [2.75, 3.05) is 32.3 Å². The summed E-state index contributed by atoms with van der Waals surface area (Å²) >= 11 is 0. The van der Waals surface area contributed by atoms with Gasteiger partial charge in [-0.3, -0.25) is 13.7 Å². The molecular formula is C9H19F3O6P2. The lowest BCUT2D eigenvalue weighted by Gasteiger charge is -2.23. The maximum Gasteiger partial charge on any atom is 0.412 e. The van der Waals surface area contributed by atoms with Crippen molar-refractivity contribution in [3.63, 3.8) is 0 Å². The van der Waals surface area contributed by atoms with E-state index in [4.69, 9.17) is 13.6 Å². The lowest BCUT2D eigenvalue weighted by molar-refractivity contribution is -0.155. The number of rotatable bonds is 10. The first-order chi connectivity index (χ1) is 9.10. The van der Waals surface area contributed by atoms with Gasteiger partial charge in [-0.25, -0.2) is 0 Å². The standard InChI is InChI=1S/C9H19F3O6P2/c1-4-15-19(13,16-5-2)8-20(14,17-6-3)18-7-9(10,11)12/h4-8H2,1-3H3. The van der Waals surface area contributed by atoms with Gasteiger partial charge in [0.2, 0.25) is 0 Å². The molecule has 6 nitrogen and oxygen atoms in total. The number of halogens is 3. The summed E-state index contributed by atoms with van der Waals surface area (Å²) in [5.74, 6) is -0.856. The molecule has 122 valence electrons. The van der Waals surface area contributed by atoms with Gasteiger partial charge in [0.05, 0.1) is 19.8 Å². The van der Waals surface area contributed by atoms with Gasteiger partial charge >= 0.3 is 21.4 Å². The summed E-state index contributed by atoms with van der Waals surface area (Å²) in [4.78, 5) is 0. The lowest BCUT2D eigenvalue weighted by Crippen LogP contribution is -2.17. The summed E-state index contributed by atoms with van der Waals surface area (Å²) in [5, 5.41) is 0. The van der Waals surface area contributed by atoms with Crippen LogP contribution in [-0.2, 0) is 27.2 Å². The Morgan fingerprint density at radius 1 is 0.800 bits per heavy atom. The summed E-state index contributed by atoms with van der Waals surface area (Å²) in [6.07, 6.45) is -4.67. The SMILES string of the molecule is CCOP(=O)(CP(=O)(OCC)OCC(F)(F)F)OCC. The number of hydrogen-bond donors (Lipinski definition) is 0. The predicted octanol–water partition coefficient (Wildman–Crippen LogP) is 4.02. The van der Waals surface area contributed by atoms with E-state index in [9.17, 15) is 22.3 Å². The Bertz CT molecular complexity index is 363. The van der Waals surface area contributed by atoms with Crippen LogP contribution in [0.2, 0.25) is 0 Å². The maximum absolute atomic E-state index is 12.2. The molecule has 0 rings (SSSR count). The van der Waals surface area contributed by atoms with E-state index in [0.717, 1.165) is 0 Å². The monoisotopic (exact) mass is 342 g/mol. The molecule has 0 aliphatic carbocycles. The summed E-state index contributed by atoms with van der Waals surface area (Å²) in [5.41, 5.74) is 0. The second kappa shape index (κ2) is 8.51. The van der Waals surface area contributed by atoms with Crippen molar-refractivity contribution in [3.8, 4) is 0 Å². The first-order valence-corrected chi connectivity index (χ1v) is 9.38. The van der Waals surface area contributed by atoms with Gasteiger partial charge in [0.15, 0.2) is 12.5 Å². The lowest BCUT2D eigenvalue weighted by atomic mass is 10.7. The molecule has 0 aromatic carbocycles. The van der Waals surface area contributed by atoms with Crippen LogP contribution in [0, 0.1) is 0 Å². The fourth-order valence-electron chi connectivity index (χ4n) is 1.21. The normalized spacial score (nSPS) is 16.1.